The zero-order chi connectivity index (χ0) is 15.2. The number of esters is 1. The van der Waals surface area contributed by atoms with Crippen LogP contribution in [-0.4, -0.2) is 43.7 Å². The van der Waals surface area contributed by atoms with Crippen LogP contribution in [0.5, 0.6) is 5.75 Å². The third kappa shape index (κ3) is 5.29. The van der Waals surface area contributed by atoms with Gasteiger partial charge in [-0.1, -0.05) is 18.7 Å². The van der Waals surface area contributed by atoms with Crippen molar-refractivity contribution >= 4 is 16.0 Å². The van der Waals surface area contributed by atoms with E-state index in [-0.39, 0.29) is 5.97 Å². The lowest BCUT2D eigenvalue weighted by Crippen LogP contribution is -2.13. The van der Waals surface area contributed by atoms with Gasteiger partial charge in [0.1, 0.15) is 12.4 Å². The minimum atomic E-state index is -0.645. The van der Waals surface area contributed by atoms with Gasteiger partial charge < -0.3 is 9.47 Å². The average Bonchev–Trinajstić information content (AvgIpc) is 2.36. The monoisotopic (exact) mass is 296 g/mol. The van der Waals surface area contributed by atoms with Crippen LogP contribution in [0.4, 0.5) is 0 Å². The molecule has 0 fully saturated rings. The Balaban J connectivity index is 2.70. The van der Waals surface area contributed by atoms with Crippen LogP contribution in [0.25, 0.3) is 0 Å². The predicted molar refractivity (Wildman–Crippen MR) is 87.4 cm³/mol. The summed E-state index contributed by atoms with van der Waals surface area (Å²) in [6.07, 6.45) is 8.29. The van der Waals surface area contributed by atoms with Crippen LogP contribution in [-0.2, 0) is 4.74 Å². The van der Waals surface area contributed by atoms with Gasteiger partial charge in [0.05, 0.1) is 12.2 Å². The first-order chi connectivity index (χ1) is 9.35. The Morgan fingerprint density at radius 3 is 2.65 bits per heavy atom. The summed E-state index contributed by atoms with van der Waals surface area (Å²) in [5.41, 5.74) is 1.37. The molecule has 0 amide bonds. The number of carbonyl (C=O) groups is 1. The molecule has 0 heterocycles. The van der Waals surface area contributed by atoms with Gasteiger partial charge in [0.2, 0.25) is 0 Å². The Labute approximate surface area is 123 Å². The highest BCUT2D eigenvalue weighted by molar-refractivity contribution is 8.32. The smallest absolute Gasteiger partial charge is 0.338 e. The lowest BCUT2D eigenvalue weighted by atomic mass is 10.1. The maximum atomic E-state index is 12.1. The van der Waals surface area contributed by atoms with Gasteiger partial charge in [-0.25, -0.2) is 14.8 Å². The van der Waals surface area contributed by atoms with Crippen LogP contribution >= 0.6 is 10.0 Å². The van der Waals surface area contributed by atoms with Gasteiger partial charge in [-0.05, 0) is 37.8 Å². The van der Waals surface area contributed by atoms with E-state index in [0.29, 0.717) is 24.5 Å². The maximum absolute atomic E-state index is 12.1. The molecule has 0 bridgehead atoms. The molecule has 0 aliphatic carbocycles. The van der Waals surface area contributed by atoms with E-state index in [1.165, 1.54) is 0 Å². The quantitative estimate of drug-likeness (QED) is 0.571. The Morgan fingerprint density at radius 2 is 2.05 bits per heavy atom. The maximum Gasteiger partial charge on any atom is 0.338 e. The first-order valence-electron chi connectivity index (χ1n) is 6.51. The normalized spacial score (nSPS) is 11.8. The molecule has 0 radical (unpaired) electrons. The molecule has 1 aromatic carbocycles. The van der Waals surface area contributed by atoms with E-state index in [2.05, 4.69) is 25.3 Å². The van der Waals surface area contributed by atoms with Crippen molar-refractivity contribution in [2.45, 2.75) is 6.92 Å². The fraction of sp³-hybridized carbons (Fsp3) is 0.438. The standard InChI is InChI=1S/C16H24O3S/c1-6-10-18-15-9-7-8-14(13(15)2)16(17)19-11-12-20(3,4)5/h6-9H,1,10-12H2,2-5H3. The van der Waals surface area contributed by atoms with Gasteiger partial charge in [0, 0.05) is 11.3 Å². The third-order valence-corrected chi connectivity index (χ3v) is 4.18. The minimum absolute atomic E-state index is 0.282. The second-order valence-electron chi connectivity index (χ2n) is 5.46. The molecule has 3 nitrogen and oxygen atoms in total. The van der Waals surface area contributed by atoms with Crippen LogP contribution < -0.4 is 4.74 Å². The molecule has 0 aliphatic rings. The molecule has 0 saturated heterocycles. The molecule has 20 heavy (non-hydrogen) atoms. The third-order valence-electron chi connectivity index (χ3n) is 2.79. The SMILES string of the molecule is C=CCOc1cccc(C(=O)OCCS(C)(C)C)c1C. The van der Waals surface area contributed by atoms with Gasteiger partial charge in [-0.3, -0.25) is 0 Å². The summed E-state index contributed by atoms with van der Waals surface area (Å²) in [5.74, 6) is 1.33. The Kier molecular flexibility index (Phi) is 6.14. The van der Waals surface area contributed by atoms with Crippen LogP contribution in [0.15, 0.2) is 30.9 Å². The predicted octanol–water partition coefficient (Wildman–Crippen LogP) is 3.41. The number of rotatable bonds is 7. The number of carbonyl (C=O) groups excluding carboxylic acids is 1. The molecule has 0 aliphatic heterocycles. The van der Waals surface area contributed by atoms with E-state index >= 15 is 0 Å². The van der Waals surface area contributed by atoms with Crippen LogP contribution in [0.3, 0.4) is 0 Å². The minimum Gasteiger partial charge on any atom is -0.489 e. The van der Waals surface area contributed by atoms with Crippen molar-refractivity contribution in [3.63, 3.8) is 0 Å². The summed E-state index contributed by atoms with van der Waals surface area (Å²) in [7, 11) is -0.645. The summed E-state index contributed by atoms with van der Waals surface area (Å²) in [5, 5.41) is 0. The number of hydrogen-bond donors (Lipinski definition) is 0. The van der Waals surface area contributed by atoms with Crippen molar-refractivity contribution < 1.29 is 14.3 Å². The number of ether oxygens (including phenoxy) is 2. The highest BCUT2D eigenvalue weighted by Crippen LogP contribution is 2.33. The molecular formula is C16H24O3S. The largest absolute Gasteiger partial charge is 0.489 e. The summed E-state index contributed by atoms with van der Waals surface area (Å²) >= 11 is 0. The Bertz CT molecular complexity index is 475. The van der Waals surface area contributed by atoms with Gasteiger partial charge in [-0.15, -0.1) is 0 Å². The summed E-state index contributed by atoms with van der Waals surface area (Å²) in [4.78, 5) is 12.1. The fourth-order valence-corrected chi connectivity index (χ4v) is 2.19. The van der Waals surface area contributed by atoms with Crippen molar-refractivity contribution in [2.75, 3.05) is 37.7 Å². The topological polar surface area (TPSA) is 35.5 Å². The van der Waals surface area contributed by atoms with Crippen molar-refractivity contribution in [2.24, 2.45) is 0 Å². The second kappa shape index (κ2) is 7.39. The fourth-order valence-electron chi connectivity index (χ4n) is 1.60. The van der Waals surface area contributed by atoms with E-state index in [1.807, 2.05) is 13.0 Å². The number of benzene rings is 1. The van der Waals surface area contributed by atoms with Crippen LogP contribution in [0.1, 0.15) is 15.9 Å². The molecule has 4 heteroatoms. The van der Waals surface area contributed by atoms with Gasteiger partial charge in [-0.2, -0.15) is 0 Å². The molecule has 0 N–H and O–H groups in total. The van der Waals surface area contributed by atoms with Crippen molar-refractivity contribution in [1.29, 1.82) is 0 Å². The van der Waals surface area contributed by atoms with Crippen molar-refractivity contribution in [3.05, 3.63) is 42.0 Å². The molecule has 0 unspecified atom stereocenters. The van der Waals surface area contributed by atoms with Crippen molar-refractivity contribution in [1.82, 2.24) is 0 Å². The van der Waals surface area contributed by atoms with Crippen LogP contribution in [0.2, 0.25) is 0 Å². The molecule has 0 saturated carbocycles. The molecule has 0 atom stereocenters. The van der Waals surface area contributed by atoms with E-state index in [0.717, 1.165) is 11.3 Å². The van der Waals surface area contributed by atoms with Crippen LogP contribution in [0, 0.1) is 6.92 Å². The molecule has 0 spiro atoms. The summed E-state index contributed by atoms with van der Waals surface area (Å²) in [6, 6.07) is 5.41. The molecule has 1 rings (SSSR count). The van der Waals surface area contributed by atoms with Crippen molar-refractivity contribution in [3.8, 4) is 5.75 Å². The van der Waals surface area contributed by atoms with E-state index in [9.17, 15) is 4.79 Å². The van der Waals surface area contributed by atoms with E-state index < -0.39 is 10.0 Å². The first kappa shape index (κ1) is 16.6. The van der Waals surface area contributed by atoms with Gasteiger partial charge in [0.25, 0.3) is 0 Å². The van der Waals surface area contributed by atoms with Gasteiger partial charge in [0.15, 0.2) is 0 Å². The van der Waals surface area contributed by atoms with E-state index in [1.54, 1.807) is 18.2 Å². The summed E-state index contributed by atoms with van der Waals surface area (Å²) in [6.45, 7) is 6.37. The average molecular weight is 296 g/mol. The van der Waals surface area contributed by atoms with E-state index in [4.69, 9.17) is 9.47 Å². The zero-order valence-corrected chi connectivity index (χ0v) is 13.6. The first-order valence-corrected chi connectivity index (χ1v) is 9.54. The van der Waals surface area contributed by atoms with Gasteiger partial charge >= 0.3 is 5.97 Å². The number of hydrogen-bond acceptors (Lipinski definition) is 3. The Morgan fingerprint density at radius 1 is 1.35 bits per heavy atom. The molecular weight excluding hydrogens is 272 g/mol. The molecule has 1 aromatic rings. The lowest BCUT2D eigenvalue weighted by Gasteiger charge is -2.24. The summed E-state index contributed by atoms with van der Waals surface area (Å²) < 4.78 is 10.9. The molecule has 112 valence electrons. The molecule has 0 aromatic heterocycles. The second-order valence-corrected chi connectivity index (χ2v) is 10.0. The highest BCUT2D eigenvalue weighted by atomic mass is 32.3. The highest BCUT2D eigenvalue weighted by Gasteiger charge is 2.14. The Hall–Kier alpha value is -1.42. The lowest BCUT2D eigenvalue weighted by molar-refractivity contribution is 0.0528. The zero-order valence-electron chi connectivity index (χ0n) is 12.8.